The number of rotatable bonds is 3. The lowest BCUT2D eigenvalue weighted by Gasteiger charge is -2.05. The first-order valence-corrected chi connectivity index (χ1v) is 5.95. The molecule has 2 aromatic rings. The molecule has 3 heteroatoms. The van der Waals surface area contributed by atoms with Crippen molar-refractivity contribution in [3.8, 4) is 0 Å². The standard InChI is InChI=1S/C15H15NO2/c1-3-11-4-6-12(7-5-11)15(18)13-8-9-14(17)16-10(13)2/h4-9H,3H2,1-2H3,(H,16,17). The van der Waals surface area contributed by atoms with Gasteiger partial charge in [0.15, 0.2) is 5.78 Å². The summed E-state index contributed by atoms with van der Waals surface area (Å²) in [6.07, 6.45) is 0.951. The Morgan fingerprint density at radius 3 is 2.33 bits per heavy atom. The zero-order valence-electron chi connectivity index (χ0n) is 10.5. The summed E-state index contributed by atoms with van der Waals surface area (Å²) in [6.45, 7) is 3.80. The average Bonchev–Trinajstić information content (AvgIpc) is 2.38. The van der Waals surface area contributed by atoms with E-state index in [4.69, 9.17) is 0 Å². The van der Waals surface area contributed by atoms with Crippen molar-refractivity contribution in [2.45, 2.75) is 20.3 Å². The van der Waals surface area contributed by atoms with Gasteiger partial charge in [-0.05, 0) is 25.0 Å². The molecule has 92 valence electrons. The van der Waals surface area contributed by atoms with Crippen LogP contribution >= 0.6 is 0 Å². The fourth-order valence-electron chi connectivity index (χ4n) is 1.87. The number of nitrogens with one attached hydrogen (secondary N) is 1. The van der Waals surface area contributed by atoms with Crippen molar-refractivity contribution >= 4 is 5.78 Å². The molecule has 0 aliphatic heterocycles. The summed E-state index contributed by atoms with van der Waals surface area (Å²) in [5, 5.41) is 0. The van der Waals surface area contributed by atoms with Gasteiger partial charge in [-0.15, -0.1) is 0 Å². The molecule has 2 rings (SSSR count). The summed E-state index contributed by atoms with van der Waals surface area (Å²) in [5.74, 6) is -0.0635. The second-order valence-corrected chi connectivity index (χ2v) is 4.24. The van der Waals surface area contributed by atoms with Crippen LogP contribution in [0.1, 0.15) is 34.1 Å². The van der Waals surface area contributed by atoms with E-state index in [0.717, 1.165) is 6.42 Å². The molecule has 0 amide bonds. The van der Waals surface area contributed by atoms with Gasteiger partial charge in [-0.2, -0.15) is 0 Å². The molecular formula is C15H15NO2. The molecular weight excluding hydrogens is 226 g/mol. The molecule has 1 aromatic carbocycles. The molecule has 1 N–H and O–H groups in total. The third-order valence-electron chi connectivity index (χ3n) is 2.99. The van der Waals surface area contributed by atoms with Gasteiger partial charge < -0.3 is 4.98 Å². The van der Waals surface area contributed by atoms with Gasteiger partial charge in [-0.1, -0.05) is 31.2 Å². The molecule has 18 heavy (non-hydrogen) atoms. The predicted molar refractivity (Wildman–Crippen MR) is 71.1 cm³/mol. The second kappa shape index (κ2) is 5.00. The lowest BCUT2D eigenvalue weighted by Crippen LogP contribution is -2.12. The van der Waals surface area contributed by atoms with E-state index in [9.17, 15) is 9.59 Å². The SMILES string of the molecule is CCc1ccc(C(=O)c2ccc(=O)[nH]c2C)cc1. The Balaban J connectivity index is 2.38. The summed E-state index contributed by atoms with van der Waals surface area (Å²) in [5.41, 5.74) is 2.79. The molecule has 1 heterocycles. The molecule has 0 saturated heterocycles. The van der Waals surface area contributed by atoms with Crippen LogP contribution in [0.4, 0.5) is 0 Å². The number of aromatic nitrogens is 1. The van der Waals surface area contributed by atoms with E-state index in [-0.39, 0.29) is 11.3 Å². The molecule has 0 fully saturated rings. The molecule has 1 aromatic heterocycles. The Kier molecular flexibility index (Phi) is 3.42. The maximum Gasteiger partial charge on any atom is 0.248 e. The van der Waals surface area contributed by atoms with Crippen LogP contribution in [-0.2, 0) is 6.42 Å². The fourth-order valence-corrected chi connectivity index (χ4v) is 1.87. The van der Waals surface area contributed by atoms with Crippen molar-refractivity contribution in [3.63, 3.8) is 0 Å². The normalized spacial score (nSPS) is 10.3. The minimum absolute atomic E-state index is 0.0635. The average molecular weight is 241 g/mol. The van der Waals surface area contributed by atoms with Crippen molar-refractivity contribution in [2.75, 3.05) is 0 Å². The second-order valence-electron chi connectivity index (χ2n) is 4.24. The molecule has 0 aliphatic carbocycles. The molecule has 0 radical (unpaired) electrons. The van der Waals surface area contributed by atoms with E-state index in [1.807, 2.05) is 24.3 Å². The fraction of sp³-hybridized carbons (Fsp3) is 0.200. The maximum absolute atomic E-state index is 12.3. The van der Waals surface area contributed by atoms with E-state index in [1.54, 1.807) is 13.0 Å². The minimum Gasteiger partial charge on any atom is -0.326 e. The summed E-state index contributed by atoms with van der Waals surface area (Å²) >= 11 is 0. The van der Waals surface area contributed by atoms with Crippen LogP contribution in [0.2, 0.25) is 0 Å². The zero-order chi connectivity index (χ0) is 13.1. The summed E-state index contributed by atoms with van der Waals surface area (Å²) in [6, 6.07) is 10.5. The Hall–Kier alpha value is -2.16. The van der Waals surface area contributed by atoms with Crippen molar-refractivity contribution < 1.29 is 4.79 Å². The topological polar surface area (TPSA) is 49.9 Å². The van der Waals surface area contributed by atoms with Gasteiger partial charge in [0, 0.05) is 22.9 Å². The van der Waals surface area contributed by atoms with Crippen LogP contribution in [0, 0.1) is 6.92 Å². The number of H-pyrrole nitrogens is 1. The summed E-state index contributed by atoms with van der Waals surface area (Å²) < 4.78 is 0. The minimum atomic E-state index is -0.189. The lowest BCUT2D eigenvalue weighted by molar-refractivity contribution is 0.103. The van der Waals surface area contributed by atoms with Gasteiger partial charge in [0.25, 0.3) is 0 Å². The highest BCUT2D eigenvalue weighted by Gasteiger charge is 2.11. The van der Waals surface area contributed by atoms with Crippen molar-refractivity contribution in [3.05, 3.63) is 69.1 Å². The third kappa shape index (κ3) is 2.40. The summed E-state index contributed by atoms with van der Waals surface area (Å²) in [4.78, 5) is 26.0. The van der Waals surface area contributed by atoms with Crippen LogP contribution in [0.3, 0.4) is 0 Å². The van der Waals surface area contributed by atoms with Crippen LogP contribution in [0.5, 0.6) is 0 Å². The third-order valence-corrected chi connectivity index (χ3v) is 2.99. The van der Waals surface area contributed by atoms with E-state index < -0.39 is 0 Å². The Morgan fingerprint density at radius 1 is 1.11 bits per heavy atom. The Labute approximate surface area is 105 Å². The number of hydrogen-bond donors (Lipinski definition) is 1. The highest BCUT2D eigenvalue weighted by Crippen LogP contribution is 2.12. The molecule has 0 aliphatic rings. The number of ketones is 1. The quantitative estimate of drug-likeness (QED) is 0.839. The van der Waals surface area contributed by atoms with Gasteiger partial charge in [0.05, 0.1) is 0 Å². The van der Waals surface area contributed by atoms with E-state index in [0.29, 0.717) is 16.8 Å². The monoisotopic (exact) mass is 241 g/mol. The number of hydrogen-bond acceptors (Lipinski definition) is 2. The molecule has 0 bridgehead atoms. The van der Waals surface area contributed by atoms with Gasteiger partial charge in [0.1, 0.15) is 0 Å². The highest BCUT2D eigenvalue weighted by molar-refractivity contribution is 6.09. The van der Waals surface area contributed by atoms with Crippen LogP contribution in [0.15, 0.2) is 41.2 Å². The van der Waals surface area contributed by atoms with E-state index in [2.05, 4.69) is 11.9 Å². The zero-order valence-corrected chi connectivity index (χ0v) is 10.5. The van der Waals surface area contributed by atoms with Crippen LogP contribution < -0.4 is 5.56 Å². The molecule has 0 unspecified atom stereocenters. The Bertz CT molecular complexity index is 624. The highest BCUT2D eigenvalue weighted by atomic mass is 16.1. The molecule has 0 atom stereocenters. The van der Waals surface area contributed by atoms with Crippen LogP contribution in [0.25, 0.3) is 0 Å². The number of carbonyl (C=O) groups is 1. The summed E-state index contributed by atoms with van der Waals surface area (Å²) in [7, 11) is 0. The van der Waals surface area contributed by atoms with Gasteiger partial charge in [0.2, 0.25) is 5.56 Å². The lowest BCUT2D eigenvalue weighted by atomic mass is 10.0. The number of pyridine rings is 1. The van der Waals surface area contributed by atoms with Gasteiger partial charge in [-0.3, -0.25) is 9.59 Å². The van der Waals surface area contributed by atoms with Crippen molar-refractivity contribution in [1.29, 1.82) is 0 Å². The Morgan fingerprint density at radius 2 is 1.78 bits per heavy atom. The largest absolute Gasteiger partial charge is 0.326 e. The van der Waals surface area contributed by atoms with Gasteiger partial charge in [-0.25, -0.2) is 0 Å². The van der Waals surface area contributed by atoms with Crippen LogP contribution in [-0.4, -0.2) is 10.8 Å². The molecule has 3 nitrogen and oxygen atoms in total. The first-order chi connectivity index (χ1) is 8.61. The maximum atomic E-state index is 12.3. The van der Waals surface area contributed by atoms with Crippen molar-refractivity contribution in [2.24, 2.45) is 0 Å². The molecule has 0 spiro atoms. The number of carbonyl (C=O) groups excluding carboxylic acids is 1. The van der Waals surface area contributed by atoms with E-state index in [1.165, 1.54) is 11.6 Å². The van der Waals surface area contributed by atoms with Crippen molar-refractivity contribution in [1.82, 2.24) is 4.98 Å². The van der Waals surface area contributed by atoms with Gasteiger partial charge >= 0.3 is 0 Å². The smallest absolute Gasteiger partial charge is 0.248 e. The van der Waals surface area contributed by atoms with E-state index >= 15 is 0 Å². The first-order valence-electron chi connectivity index (χ1n) is 5.95. The number of benzene rings is 1. The number of aromatic amines is 1. The first kappa shape index (κ1) is 12.3. The molecule has 0 saturated carbocycles. The predicted octanol–water partition coefficient (Wildman–Crippen LogP) is 2.48. The number of aryl methyl sites for hydroxylation is 2.